The lowest BCUT2D eigenvalue weighted by Crippen LogP contribution is -2.04. The summed E-state index contributed by atoms with van der Waals surface area (Å²) in [6, 6.07) is 1.36. The third kappa shape index (κ3) is 2.56. The zero-order chi connectivity index (χ0) is 13.9. The van der Waals surface area contributed by atoms with Gasteiger partial charge in [0.2, 0.25) is 5.75 Å². The van der Waals surface area contributed by atoms with Crippen molar-refractivity contribution in [1.82, 2.24) is 0 Å². The molecule has 102 valence electrons. The molecule has 8 heteroatoms. The van der Waals surface area contributed by atoms with E-state index in [1.54, 1.807) is 0 Å². The maximum atomic E-state index is 11.6. The topological polar surface area (TPSA) is 71.1 Å². The molecule has 0 aliphatic heterocycles. The molecule has 0 saturated carbocycles. The number of methoxy groups -OCH3 is 4. The molecule has 1 aromatic carbocycles. The lowest BCUT2D eigenvalue weighted by molar-refractivity contribution is 0.309. The summed E-state index contributed by atoms with van der Waals surface area (Å²) in [7, 11) is 6.68. The van der Waals surface area contributed by atoms with E-state index in [0.29, 0.717) is 0 Å². The molecule has 1 rings (SSSR count). The molecule has 0 radical (unpaired) electrons. The van der Waals surface area contributed by atoms with E-state index >= 15 is 0 Å². The van der Waals surface area contributed by atoms with Gasteiger partial charge in [-0.2, -0.15) is 0 Å². The number of ether oxygens (including phenoxy) is 4. The summed E-state index contributed by atoms with van der Waals surface area (Å²) in [4.78, 5) is -0.299. The minimum absolute atomic E-state index is 0.0134. The molecular weight excluding hydrogens is 284 g/mol. The summed E-state index contributed by atoms with van der Waals surface area (Å²) in [5, 5.41) is 0. The Morgan fingerprint density at radius 2 is 1.39 bits per heavy atom. The molecule has 0 amide bonds. The van der Waals surface area contributed by atoms with E-state index in [1.807, 2.05) is 0 Å². The van der Waals surface area contributed by atoms with Crippen molar-refractivity contribution in [2.75, 3.05) is 28.4 Å². The third-order valence-corrected chi connectivity index (χ3v) is 3.55. The fourth-order valence-corrected chi connectivity index (χ4v) is 2.71. The van der Waals surface area contributed by atoms with Gasteiger partial charge >= 0.3 is 0 Å². The van der Waals surface area contributed by atoms with Gasteiger partial charge in [0.25, 0.3) is 9.05 Å². The molecular formula is C10H13ClO6S. The Morgan fingerprint density at radius 1 is 0.889 bits per heavy atom. The first-order valence-electron chi connectivity index (χ1n) is 4.72. The summed E-state index contributed by atoms with van der Waals surface area (Å²) in [6.45, 7) is 0. The first-order valence-corrected chi connectivity index (χ1v) is 7.03. The highest BCUT2D eigenvalue weighted by atomic mass is 35.7. The van der Waals surface area contributed by atoms with Crippen LogP contribution in [0.1, 0.15) is 0 Å². The van der Waals surface area contributed by atoms with Crippen LogP contribution in [0.5, 0.6) is 23.0 Å². The summed E-state index contributed by atoms with van der Waals surface area (Å²) in [5.41, 5.74) is 0. The Bertz CT molecular complexity index is 540. The van der Waals surface area contributed by atoms with Gasteiger partial charge in [-0.1, -0.05) is 0 Å². The largest absolute Gasteiger partial charge is 0.495 e. The average molecular weight is 297 g/mol. The number of hydrogen-bond donors (Lipinski definition) is 0. The molecule has 0 aliphatic carbocycles. The van der Waals surface area contributed by atoms with Crippen molar-refractivity contribution in [2.45, 2.75) is 4.90 Å². The lowest BCUT2D eigenvalue weighted by atomic mass is 10.2. The van der Waals surface area contributed by atoms with Crippen LogP contribution in [-0.4, -0.2) is 36.9 Å². The quantitative estimate of drug-likeness (QED) is 0.769. The van der Waals surface area contributed by atoms with E-state index in [9.17, 15) is 8.42 Å². The van der Waals surface area contributed by atoms with Gasteiger partial charge in [0.15, 0.2) is 16.4 Å². The SMILES string of the molecule is COc1cc(OC)c(S(=O)(=O)Cl)c(OC)c1OC. The number of rotatable bonds is 5. The molecule has 0 bridgehead atoms. The average Bonchev–Trinajstić information content (AvgIpc) is 2.34. The summed E-state index contributed by atoms with van der Waals surface area (Å²) < 4.78 is 43.3. The molecule has 0 spiro atoms. The Labute approximate surface area is 110 Å². The van der Waals surface area contributed by atoms with Gasteiger partial charge in [-0.05, 0) is 0 Å². The minimum Gasteiger partial charge on any atom is -0.495 e. The van der Waals surface area contributed by atoms with Gasteiger partial charge in [-0.15, -0.1) is 0 Å². The highest BCUT2D eigenvalue weighted by Gasteiger charge is 2.29. The minimum atomic E-state index is -4.06. The van der Waals surface area contributed by atoms with E-state index in [4.69, 9.17) is 29.6 Å². The Morgan fingerprint density at radius 3 is 1.72 bits per heavy atom. The molecule has 0 N–H and O–H groups in total. The van der Waals surface area contributed by atoms with Gasteiger partial charge < -0.3 is 18.9 Å². The second-order valence-electron chi connectivity index (χ2n) is 3.11. The molecule has 0 heterocycles. The normalized spacial score (nSPS) is 10.9. The summed E-state index contributed by atoms with van der Waals surface area (Å²) >= 11 is 0. The smallest absolute Gasteiger partial charge is 0.268 e. The molecule has 0 aliphatic rings. The number of benzene rings is 1. The van der Waals surface area contributed by atoms with Crippen LogP contribution in [0.4, 0.5) is 0 Å². The van der Waals surface area contributed by atoms with Gasteiger partial charge in [0.05, 0.1) is 28.4 Å². The molecule has 0 fully saturated rings. The van der Waals surface area contributed by atoms with Crippen LogP contribution in [0.25, 0.3) is 0 Å². The first-order chi connectivity index (χ1) is 8.40. The second-order valence-corrected chi connectivity index (χ2v) is 5.62. The van der Waals surface area contributed by atoms with Crippen molar-refractivity contribution in [3.05, 3.63) is 6.07 Å². The van der Waals surface area contributed by atoms with Gasteiger partial charge in [-0.25, -0.2) is 8.42 Å². The van der Waals surface area contributed by atoms with Crippen LogP contribution in [-0.2, 0) is 9.05 Å². The van der Waals surface area contributed by atoms with Crippen molar-refractivity contribution in [3.63, 3.8) is 0 Å². The van der Waals surface area contributed by atoms with E-state index in [1.165, 1.54) is 34.5 Å². The molecule has 6 nitrogen and oxygen atoms in total. The van der Waals surface area contributed by atoms with Crippen LogP contribution in [0.3, 0.4) is 0 Å². The first kappa shape index (κ1) is 14.7. The third-order valence-electron chi connectivity index (χ3n) is 2.21. The van der Waals surface area contributed by atoms with Crippen LogP contribution in [0, 0.1) is 0 Å². The highest BCUT2D eigenvalue weighted by molar-refractivity contribution is 8.14. The zero-order valence-corrected chi connectivity index (χ0v) is 11.9. The fraction of sp³-hybridized carbons (Fsp3) is 0.400. The number of halogens is 1. The zero-order valence-electron chi connectivity index (χ0n) is 10.3. The predicted octanol–water partition coefficient (Wildman–Crippen LogP) is 1.65. The molecule has 0 saturated heterocycles. The van der Waals surface area contributed by atoms with Crippen molar-refractivity contribution in [2.24, 2.45) is 0 Å². The highest BCUT2D eigenvalue weighted by Crippen LogP contribution is 2.48. The van der Waals surface area contributed by atoms with Crippen molar-refractivity contribution in [1.29, 1.82) is 0 Å². The van der Waals surface area contributed by atoms with Gasteiger partial charge in [0, 0.05) is 16.7 Å². The molecule has 1 aromatic rings. The Hall–Kier alpha value is -1.34. The van der Waals surface area contributed by atoms with Crippen LogP contribution in [0.15, 0.2) is 11.0 Å². The monoisotopic (exact) mass is 296 g/mol. The molecule has 0 unspecified atom stereocenters. The predicted molar refractivity (Wildman–Crippen MR) is 65.7 cm³/mol. The maximum Gasteiger partial charge on any atom is 0.268 e. The van der Waals surface area contributed by atoms with Crippen LogP contribution < -0.4 is 18.9 Å². The van der Waals surface area contributed by atoms with Crippen molar-refractivity contribution < 1.29 is 27.4 Å². The van der Waals surface area contributed by atoms with E-state index in [2.05, 4.69) is 0 Å². The van der Waals surface area contributed by atoms with E-state index in [-0.39, 0.29) is 27.9 Å². The second kappa shape index (κ2) is 5.53. The van der Waals surface area contributed by atoms with Crippen LogP contribution >= 0.6 is 10.7 Å². The fourth-order valence-electron chi connectivity index (χ4n) is 1.49. The Balaban J connectivity index is 3.78. The summed E-state index contributed by atoms with van der Waals surface area (Å²) in [6.07, 6.45) is 0. The maximum absolute atomic E-state index is 11.6. The molecule has 0 atom stereocenters. The Kier molecular flexibility index (Phi) is 4.53. The molecule has 0 aromatic heterocycles. The van der Waals surface area contributed by atoms with E-state index < -0.39 is 9.05 Å². The van der Waals surface area contributed by atoms with Gasteiger partial charge in [-0.3, -0.25) is 0 Å². The lowest BCUT2D eigenvalue weighted by Gasteiger charge is -2.16. The van der Waals surface area contributed by atoms with Crippen molar-refractivity contribution >= 4 is 19.7 Å². The number of hydrogen-bond acceptors (Lipinski definition) is 6. The van der Waals surface area contributed by atoms with Crippen molar-refractivity contribution in [3.8, 4) is 23.0 Å². The van der Waals surface area contributed by atoms with E-state index in [0.717, 1.165) is 0 Å². The molecule has 18 heavy (non-hydrogen) atoms. The summed E-state index contributed by atoms with van der Waals surface area (Å²) in [5.74, 6) is 0.346. The van der Waals surface area contributed by atoms with Gasteiger partial charge in [0.1, 0.15) is 5.75 Å². The standard InChI is InChI=1S/C10H13ClO6S/c1-14-6-5-7(15-2)10(18(11,12)13)9(17-4)8(6)16-3/h5H,1-4H3. The van der Waals surface area contributed by atoms with Crippen LogP contribution in [0.2, 0.25) is 0 Å².